The summed E-state index contributed by atoms with van der Waals surface area (Å²) in [6, 6.07) is 9.39. The van der Waals surface area contributed by atoms with Gasteiger partial charge in [-0.25, -0.2) is 0 Å². The highest BCUT2D eigenvalue weighted by Crippen LogP contribution is 2.19. The molecular weight excluding hydrogens is 297 g/mol. The van der Waals surface area contributed by atoms with Gasteiger partial charge >= 0.3 is 0 Å². The van der Waals surface area contributed by atoms with Crippen LogP contribution in [0.5, 0.6) is 0 Å². The van der Waals surface area contributed by atoms with Gasteiger partial charge in [0.15, 0.2) is 0 Å². The highest BCUT2D eigenvalue weighted by Gasteiger charge is 2.08. The molecule has 0 spiro atoms. The first kappa shape index (κ1) is 13.0. The second kappa shape index (κ2) is 7.23. The van der Waals surface area contributed by atoms with Gasteiger partial charge in [-0.15, -0.1) is 0 Å². The van der Waals surface area contributed by atoms with Crippen molar-refractivity contribution in [3.8, 4) is 0 Å². The molecule has 0 bridgehead atoms. The van der Waals surface area contributed by atoms with Gasteiger partial charge in [0, 0.05) is 9.61 Å². The van der Waals surface area contributed by atoms with Crippen molar-refractivity contribution in [3.05, 3.63) is 33.4 Å². The van der Waals surface area contributed by atoms with E-state index in [9.17, 15) is 0 Å². The minimum atomic E-state index is 0.534. The Morgan fingerprint density at radius 3 is 2.33 bits per heavy atom. The van der Waals surface area contributed by atoms with Crippen molar-refractivity contribution in [3.63, 3.8) is 0 Å². The molecule has 0 fully saturated rings. The van der Waals surface area contributed by atoms with Gasteiger partial charge in [-0.3, -0.25) is 0 Å². The Hall–Kier alpha value is -0.0900. The summed E-state index contributed by atoms with van der Waals surface area (Å²) in [6.45, 7) is 5.56. The minimum absolute atomic E-state index is 0.534. The zero-order chi connectivity index (χ0) is 11.1. The Morgan fingerprint density at radius 2 is 1.80 bits per heavy atom. The molecule has 0 radical (unpaired) electrons. The first-order chi connectivity index (χ1) is 7.27. The molecule has 0 aliphatic rings. The van der Waals surface area contributed by atoms with Crippen molar-refractivity contribution in [2.24, 2.45) is 0 Å². The maximum atomic E-state index is 3.60. The highest BCUT2D eigenvalue weighted by molar-refractivity contribution is 14.1. The Labute approximate surface area is 107 Å². The van der Waals surface area contributed by atoms with E-state index in [4.69, 9.17) is 0 Å². The first-order valence-corrected chi connectivity index (χ1v) is 6.84. The van der Waals surface area contributed by atoms with Crippen molar-refractivity contribution >= 4 is 22.6 Å². The number of rotatable bonds is 6. The van der Waals surface area contributed by atoms with Crippen molar-refractivity contribution in [1.82, 2.24) is 5.32 Å². The third kappa shape index (κ3) is 4.51. The lowest BCUT2D eigenvalue weighted by Crippen LogP contribution is -2.21. The average Bonchev–Trinajstić information content (AvgIpc) is 2.25. The summed E-state index contributed by atoms with van der Waals surface area (Å²) < 4.78 is 1.31. The van der Waals surface area contributed by atoms with Gasteiger partial charge in [0.2, 0.25) is 0 Å². The molecule has 1 atom stereocenters. The number of hydrogen-bond acceptors (Lipinski definition) is 1. The van der Waals surface area contributed by atoms with Gasteiger partial charge in [-0.2, -0.15) is 0 Å². The lowest BCUT2D eigenvalue weighted by atomic mass is 10.0. The number of halogens is 1. The third-order valence-corrected chi connectivity index (χ3v) is 3.21. The summed E-state index contributed by atoms with van der Waals surface area (Å²) in [5, 5.41) is 3.60. The molecule has 0 saturated heterocycles. The van der Waals surface area contributed by atoms with Gasteiger partial charge in [0.05, 0.1) is 0 Å². The van der Waals surface area contributed by atoms with Gasteiger partial charge in [-0.1, -0.05) is 32.4 Å². The van der Waals surface area contributed by atoms with E-state index in [1.165, 1.54) is 28.4 Å². The fourth-order valence-electron chi connectivity index (χ4n) is 1.69. The van der Waals surface area contributed by atoms with E-state index in [0.717, 1.165) is 6.54 Å². The number of benzene rings is 1. The lowest BCUT2D eigenvalue weighted by Gasteiger charge is -2.18. The zero-order valence-corrected chi connectivity index (χ0v) is 11.8. The zero-order valence-electron chi connectivity index (χ0n) is 9.59. The van der Waals surface area contributed by atoms with E-state index in [1.807, 2.05) is 0 Å². The van der Waals surface area contributed by atoms with Gasteiger partial charge in [0.1, 0.15) is 0 Å². The van der Waals surface area contributed by atoms with E-state index in [-0.39, 0.29) is 0 Å². The molecule has 1 nitrogen and oxygen atoms in total. The minimum Gasteiger partial charge on any atom is -0.310 e. The van der Waals surface area contributed by atoms with Crippen LogP contribution in [0.3, 0.4) is 0 Å². The Kier molecular flexibility index (Phi) is 6.25. The van der Waals surface area contributed by atoms with E-state index < -0.39 is 0 Å². The number of hydrogen-bond donors (Lipinski definition) is 1. The van der Waals surface area contributed by atoms with Crippen LogP contribution in [0, 0.1) is 3.57 Å². The molecule has 0 saturated carbocycles. The maximum Gasteiger partial charge on any atom is 0.0320 e. The molecule has 1 aromatic carbocycles. The Bertz CT molecular complexity index is 268. The smallest absolute Gasteiger partial charge is 0.0320 e. The summed E-state index contributed by atoms with van der Waals surface area (Å²) >= 11 is 2.35. The number of nitrogens with one attached hydrogen (secondary N) is 1. The predicted octanol–water partition coefficient (Wildman–Crippen LogP) is 4.13. The van der Waals surface area contributed by atoms with Gasteiger partial charge < -0.3 is 5.32 Å². The van der Waals surface area contributed by atoms with Crippen LogP contribution < -0.4 is 5.32 Å². The predicted molar refractivity (Wildman–Crippen MR) is 75.1 cm³/mol. The molecule has 1 unspecified atom stereocenters. The molecule has 1 aromatic rings. The fourth-order valence-corrected chi connectivity index (χ4v) is 2.05. The third-order valence-electron chi connectivity index (χ3n) is 2.49. The Balaban J connectivity index is 2.65. The molecule has 0 heterocycles. The molecule has 0 aliphatic heterocycles. The second-order valence-electron chi connectivity index (χ2n) is 3.85. The van der Waals surface area contributed by atoms with Crippen molar-refractivity contribution in [2.75, 3.05) is 6.54 Å². The monoisotopic (exact) mass is 317 g/mol. The second-order valence-corrected chi connectivity index (χ2v) is 5.09. The summed E-state index contributed by atoms with van der Waals surface area (Å²) in [5.74, 6) is 0. The van der Waals surface area contributed by atoms with Gasteiger partial charge in [-0.05, 0) is 59.7 Å². The quantitative estimate of drug-likeness (QED) is 0.778. The SMILES string of the molecule is CCCNC(CCC)c1ccc(I)cc1. The molecule has 2 heteroatoms. The summed E-state index contributed by atoms with van der Waals surface area (Å²) in [6.07, 6.45) is 3.65. The summed E-state index contributed by atoms with van der Waals surface area (Å²) in [5.41, 5.74) is 1.42. The van der Waals surface area contributed by atoms with Crippen LogP contribution in [0.2, 0.25) is 0 Å². The Morgan fingerprint density at radius 1 is 1.13 bits per heavy atom. The summed E-state index contributed by atoms with van der Waals surface area (Å²) in [4.78, 5) is 0. The normalized spacial score (nSPS) is 12.7. The molecule has 15 heavy (non-hydrogen) atoms. The molecule has 84 valence electrons. The van der Waals surface area contributed by atoms with E-state index in [1.54, 1.807) is 0 Å². The largest absolute Gasteiger partial charge is 0.310 e. The molecular formula is C13H20IN. The summed E-state index contributed by atoms with van der Waals surface area (Å²) in [7, 11) is 0. The maximum absolute atomic E-state index is 3.60. The van der Waals surface area contributed by atoms with Crippen molar-refractivity contribution < 1.29 is 0 Å². The molecule has 0 aliphatic carbocycles. The van der Waals surface area contributed by atoms with Crippen molar-refractivity contribution in [2.45, 2.75) is 39.2 Å². The molecule has 1 rings (SSSR count). The van der Waals surface area contributed by atoms with Crippen LogP contribution in [0.15, 0.2) is 24.3 Å². The van der Waals surface area contributed by atoms with Crippen LogP contribution in [-0.2, 0) is 0 Å². The van der Waals surface area contributed by atoms with Gasteiger partial charge in [0.25, 0.3) is 0 Å². The van der Waals surface area contributed by atoms with E-state index in [2.05, 4.69) is 66.0 Å². The topological polar surface area (TPSA) is 12.0 Å². The fraction of sp³-hybridized carbons (Fsp3) is 0.538. The standard InChI is InChI=1S/C13H20IN/c1-3-5-13(15-10-4-2)11-6-8-12(14)9-7-11/h6-9,13,15H,3-5,10H2,1-2H3. The highest BCUT2D eigenvalue weighted by atomic mass is 127. The van der Waals surface area contributed by atoms with Crippen LogP contribution in [0.4, 0.5) is 0 Å². The van der Waals surface area contributed by atoms with Crippen LogP contribution in [0.1, 0.15) is 44.7 Å². The van der Waals surface area contributed by atoms with Crippen molar-refractivity contribution in [1.29, 1.82) is 0 Å². The van der Waals surface area contributed by atoms with Crippen LogP contribution in [0.25, 0.3) is 0 Å². The molecule has 0 aromatic heterocycles. The average molecular weight is 317 g/mol. The molecule has 1 N–H and O–H groups in total. The van der Waals surface area contributed by atoms with Crippen LogP contribution in [-0.4, -0.2) is 6.54 Å². The lowest BCUT2D eigenvalue weighted by molar-refractivity contribution is 0.494. The van der Waals surface area contributed by atoms with E-state index >= 15 is 0 Å². The van der Waals surface area contributed by atoms with Crippen LogP contribution >= 0.6 is 22.6 Å². The molecule has 0 amide bonds. The van der Waals surface area contributed by atoms with E-state index in [0.29, 0.717) is 6.04 Å². The first-order valence-electron chi connectivity index (χ1n) is 5.76.